The average molecular weight is 182 g/mol. The predicted molar refractivity (Wildman–Crippen MR) is 48.2 cm³/mol. The zero-order valence-electron chi connectivity index (χ0n) is 5.13. The van der Waals surface area contributed by atoms with Crippen LogP contribution in [0.3, 0.4) is 0 Å². The lowest BCUT2D eigenvalue weighted by Gasteiger charge is -1.95. The standard InChI is InChI=1S/CH6N4S.CH4N2S/c2-4-1(6)5-3;2-1(3)4/h2-3H2,(H2,4,5,6);(H4,2,3,4). The maximum atomic E-state index is 4.75. The van der Waals surface area contributed by atoms with E-state index in [2.05, 4.69) is 46.8 Å². The molecule has 0 bridgehead atoms. The van der Waals surface area contributed by atoms with E-state index in [0.29, 0.717) is 0 Å². The smallest absolute Gasteiger partial charge is 0.194 e. The summed E-state index contributed by atoms with van der Waals surface area (Å²) in [7, 11) is 0. The number of hydrogen-bond donors (Lipinski definition) is 6. The third-order valence-corrected chi connectivity index (χ3v) is 0.498. The number of nitrogens with one attached hydrogen (secondary N) is 2. The van der Waals surface area contributed by atoms with Crippen LogP contribution in [0.2, 0.25) is 0 Å². The van der Waals surface area contributed by atoms with Crippen molar-refractivity contribution in [1.82, 2.24) is 10.9 Å². The molecule has 0 spiro atoms. The lowest BCUT2D eigenvalue weighted by molar-refractivity contribution is 0.926. The van der Waals surface area contributed by atoms with E-state index in [-0.39, 0.29) is 10.2 Å². The topological polar surface area (TPSA) is 128 Å². The maximum absolute atomic E-state index is 4.75. The summed E-state index contributed by atoms with van der Waals surface area (Å²) in [6, 6.07) is 0. The van der Waals surface area contributed by atoms with Gasteiger partial charge in [-0.15, -0.1) is 0 Å². The monoisotopic (exact) mass is 182 g/mol. The first-order chi connectivity index (χ1) is 4.54. The quantitative estimate of drug-likeness (QED) is 0.137. The number of nitrogens with two attached hydrogens (primary N) is 4. The minimum atomic E-state index is 0.000000000000000222. The fourth-order valence-electron chi connectivity index (χ4n) is 0.0417. The van der Waals surface area contributed by atoms with Crippen LogP contribution in [-0.4, -0.2) is 10.2 Å². The highest BCUT2D eigenvalue weighted by molar-refractivity contribution is 7.80. The summed E-state index contributed by atoms with van der Waals surface area (Å²) in [4.78, 5) is 0. The van der Waals surface area contributed by atoms with Crippen LogP contribution in [0.15, 0.2) is 0 Å². The summed E-state index contributed by atoms with van der Waals surface area (Å²) in [5.41, 5.74) is 13.5. The van der Waals surface area contributed by atoms with Crippen molar-refractivity contribution in [3.05, 3.63) is 0 Å². The lowest BCUT2D eigenvalue weighted by Crippen LogP contribution is -2.43. The summed E-state index contributed by atoms with van der Waals surface area (Å²) in [6.45, 7) is 0. The van der Waals surface area contributed by atoms with Gasteiger partial charge in [-0.3, -0.25) is 10.9 Å². The molecule has 0 aliphatic rings. The van der Waals surface area contributed by atoms with Gasteiger partial charge in [-0.05, 0) is 24.4 Å². The third kappa shape index (κ3) is 26.6. The molecule has 0 saturated carbocycles. The first-order valence-corrected chi connectivity index (χ1v) is 2.88. The molecule has 0 amide bonds. The van der Waals surface area contributed by atoms with Crippen LogP contribution in [0.4, 0.5) is 0 Å². The van der Waals surface area contributed by atoms with E-state index in [1.807, 2.05) is 0 Å². The van der Waals surface area contributed by atoms with E-state index < -0.39 is 0 Å². The summed E-state index contributed by atoms with van der Waals surface area (Å²) < 4.78 is 0. The van der Waals surface area contributed by atoms with Gasteiger partial charge >= 0.3 is 0 Å². The molecule has 0 rings (SSSR count). The number of thiocarbonyl (C=S) groups is 2. The molecule has 6 nitrogen and oxygen atoms in total. The fourth-order valence-corrected chi connectivity index (χ4v) is 0.0417. The molecule has 0 unspecified atom stereocenters. The summed E-state index contributed by atoms with van der Waals surface area (Å²) >= 11 is 8.48. The lowest BCUT2D eigenvalue weighted by atomic mass is 11.2. The second-order valence-electron chi connectivity index (χ2n) is 1.02. The van der Waals surface area contributed by atoms with Crippen molar-refractivity contribution < 1.29 is 0 Å². The first kappa shape index (κ1) is 12.0. The Balaban J connectivity index is 0. The number of hydrazine groups is 2. The van der Waals surface area contributed by atoms with Crippen molar-refractivity contribution in [3.8, 4) is 0 Å². The Hall–Kier alpha value is -0.700. The van der Waals surface area contributed by atoms with Crippen molar-refractivity contribution in [2.24, 2.45) is 23.2 Å². The SMILES string of the molecule is NC(N)=S.NNC(=S)NN. The number of hydrogen-bond acceptors (Lipinski definition) is 4. The molecule has 0 aromatic carbocycles. The van der Waals surface area contributed by atoms with Gasteiger partial charge in [0.25, 0.3) is 0 Å². The predicted octanol–water partition coefficient (Wildman–Crippen LogP) is -2.61. The van der Waals surface area contributed by atoms with Gasteiger partial charge in [0, 0.05) is 0 Å². The molecule has 0 aromatic rings. The van der Waals surface area contributed by atoms with Gasteiger partial charge in [0.1, 0.15) is 0 Å². The highest BCUT2D eigenvalue weighted by Gasteiger charge is 1.76. The van der Waals surface area contributed by atoms with E-state index >= 15 is 0 Å². The molecule has 0 aliphatic carbocycles. The summed E-state index contributed by atoms with van der Waals surface area (Å²) in [5, 5.41) is 0.231. The van der Waals surface area contributed by atoms with Gasteiger partial charge in [0.2, 0.25) is 0 Å². The Labute approximate surface area is 69.2 Å². The molecule has 0 aliphatic heterocycles. The normalized spacial score (nSPS) is 6.60. The van der Waals surface area contributed by atoms with Crippen molar-refractivity contribution >= 4 is 34.7 Å². The fraction of sp³-hybridized carbons (Fsp3) is 0. The Morgan fingerprint density at radius 3 is 1.20 bits per heavy atom. The van der Waals surface area contributed by atoms with Crippen molar-refractivity contribution in [2.75, 3.05) is 0 Å². The highest BCUT2D eigenvalue weighted by Crippen LogP contribution is 1.47. The van der Waals surface area contributed by atoms with Crippen LogP contribution in [0.5, 0.6) is 0 Å². The summed E-state index contributed by atoms with van der Waals surface area (Å²) in [6.07, 6.45) is 0. The minimum Gasteiger partial charge on any atom is -0.377 e. The Bertz CT molecular complexity index is 102. The molecular weight excluding hydrogens is 172 g/mol. The summed E-state index contributed by atoms with van der Waals surface area (Å²) in [5.74, 6) is 9.50. The highest BCUT2D eigenvalue weighted by atomic mass is 32.1. The van der Waals surface area contributed by atoms with Crippen LogP contribution in [0.25, 0.3) is 0 Å². The second-order valence-corrected chi connectivity index (χ2v) is 1.90. The van der Waals surface area contributed by atoms with Crippen LogP contribution < -0.4 is 34.0 Å². The van der Waals surface area contributed by atoms with Crippen LogP contribution in [0, 0.1) is 0 Å². The van der Waals surface area contributed by atoms with E-state index in [4.69, 9.17) is 11.7 Å². The second kappa shape index (κ2) is 8.30. The molecule has 0 atom stereocenters. The van der Waals surface area contributed by atoms with Gasteiger partial charge in [-0.2, -0.15) is 0 Å². The Morgan fingerprint density at radius 2 is 1.20 bits per heavy atom. The number of rotatable bonds is 0. The molecule has 10 N–H and O–H groups in total. The molecule has 10 heavy (non-hydrogen) atoms. The van der Waals surface area contributed by atoms with Crippen LogP contribution in [0.1, 0.15) is 0 Å². The van der Waals surface area contributed by atoms with E-state index in [1.165, 1.54) is 0 Å². The van der Waals surface area contributed by atoms with E-state index in [0.717, 1.165) is 0 Å². The van der Waals surface area contributed by atoms with Gasteiger partial charge < -0.3 is 11.5 Å². The maximum Gasteiger partial charge on any atom is 0.194 e. The molecule has 0 saturated heterocycles. The molecular formula is C2H10N6S2. The third-order valence-electron chi connectivity index (χ3n) is 0.262. The molecule has 8 heteroatoms. The Morgan fingerprint density at radius 1 is 1.00 bits per heavy atom. The van der Waals surface area contributed by atoms with E-state index in [1.54, 1.807) is 0 Å². The van der Waals surface area contributed by atoms with Crippen molar-refractivity contribution in [3.63, 3.8) is 0 Å². The van der Waals surface area contributed by atoms with Crippen molar-refractivity contribution in [1.29, 1.82) is 0 Å². The minimum absolute atomic E-state index is 0.000000000000000222. The zero-order chi connectivity index (χ0) is 8.57. The van der Waals surface area contributed by atoms with Gasteiger partial charge in [-0.1, -0.05) is 0 Å². The van der Waals surface area contributed by atoms with Gasteiger partial charge in [0.15, 0.2) is 10.2 Å². The molecule has 0 heterocycles. The van der Waals surface area contributed by atoms with Gasteiger partial charge in [-0.25, -0.2) is 11.7 Å². The Kier molecular flexibility index (Phi) is 9.98. The molecule has 0 fully saturated rings. The van der Waals surface area contributed by atoms with Crippen LogP contribution >= 0.6 is 24.4 Å². The molecule has 0 radical (unpaired) electrons. The van der Waals surface area contributed by atoms with Gasteiger partial charge in [0.05, 0.1) is 0 Å². The van der Waals surface area contributed by atoms with Crippen LogP contribution in [-0.2, 0) is 0 Å². The van der Waals surface area contributed by atoms with E-state index in [9.17, 15) is 0 Å². The zero-order valence-corrected chi connectivity index (χ0v) is 6.76. The largest absolute Gasteiger partial charge is 0.377 e. The average Bonchev–Trinajstić information content (AvgIpc) is 1.85. The first-order valence-electron chi connectivity index (χ1n) is 2.06. The van der Waals surface area contributed by atoms with Crippen molar-refractivity contribution in [2.45, 2.75) is 0 Å². The molecule has 0 aromatic heterocycles. The molecule has 60 valence electrons.